The van der Waals surface area contributed by atoms with Gasteiger partial charge in [0.15, 0.2) is 0 Å². The summed E-state index contributed by atoms with van der Waals surface area (Å²) in [6, 6.07) is 4.06. The van der Waals surface area contributed by atoms with Crippen molar-refractivity contribution >= 4 is 11.6 Å². The Morgan fingerprint density at radius 2 is 1.95 bits per heavy atom. The Balaban J connectivity index is 1.95. The van der Waals surface area contributed by atoms with E-state index in [4.69, 9.17) is 5.73 Å². The Morgan fingerprint density at radius 1 is 1.29 bits per heavy atom. The summed E-state index contributed by atoms with van der Waals surface area (Å²) in [5, 5.41) is 3.16. The maximum absolute atomic E-state index is 12.4. The number of carbonyl (C=O) groups excluding carboxylic acids is 1. The smallest absolute Gasteiger partial charge is 0.251 e. The van der Waals surface area contributed by atoms with Crippen LogP contribution in [-0.2, 0) is 0 Å². The molecule has 1 aromatic carbocycles. The van der Waals surface area contributed by atoms with Gasteiger partial charge in [-0.05, 0) is 56.8 Å². The number of aryl methyl sites for hydroxylation is 2. The van der Waals surface area contributed by atoms with Crippen LogP contribution >= 0.6 is 0 Å². The number of nitrogens with two attached hydrogens (primary N) is 1. The standard InChI is InChI=1S/C17H27N3O/c1-4-7-20-8-5-14(6-9-20)19-17(21)15-11-16(18)13(3)10-12(15)2/h10-11,14H,4-9,18H2,1-3H3,(H,19,21). The summed E-state index contributed by atoms with van der Waals surface area (Å²) >= 11 is 0. The van der Waals surface area contributed by atoms with Gasteiger partial charge in [-0.3, -0.25) is 4.79 Å². The third kappa shape index (κ3) is 3.97. The molecule has 0 bridgehead atoms. The lowest BCUT2D eigenvalue weighted by molar-refractivity contribution is 0.0910. The van der Waals surface area contributed by atoms with Crippen molar-refractivity contribution in [3.05, 3.63) is 28.8 Å². The van der Waals surface area contributed by atoms with Gasteiger partial charge in [-0.15, -0.1) is 0 Å². The molecule has 1 saturated heterocycles. The number of benzene rings is 1. The number of likely N-dealkylation sites (tertiary alicyclic amines) is 1. The molecule has 1 aliphatic heterocycles. The maximum Gasteiger partial charge on any atom is 0.251 e. The minimum absolute atomic E-state index is 0.00754. The first-order valence-electron chi connectivity index (χ1n) is 7.91. The fourth-order valence-electron chi connectivity index (χ4n) is 2.99. The fourth-order valence-corrected chi connectivity index (χ4v) is 2.99. The molecule has 1 fully saturated rings. The number of carbonyl (C=O) groups is 1. The van der Waals surface area contributed by atoms with E-state index in [1.807, 2.05) is 19.9 Å². The molecular weight excluding hydrogens is 262 g/mol. The highest BCUT2D eigenvalue weighted by molar-refractivity contribution is 5.96. The van der Waals surface area contributed by atoms with Crippen molar-refractivity contribution in [3.8, 4) is 0 Å². The van der Waals surface area contributed by atoms with E-state index in [0.29, 0.717) is 11.3 Å². The van der Waals surface area contributed by atoms with Crippen LogP contribution in [0.4, 0.5) is 5.69 Å². The number of piperidine rings is 1. The minimum Gasteiger partial charge on any atom is -0.398 e. The number of anilines is 1. The zero-order valence-corrected chi connectivity index (χ0v) is 13.4. The summed E-state index contributed by atoms with van der Waals surface area (Å²) in [6.45, 7) is 9.45. The Morgan fingerprint density at radius 3 is 2.57 bits per heavy atom. The lowest BCUT2D eigenvalue weighted by Crippen LogP contribution is -2.44. The third-order valence-electron chi connectivity index (χ3n) is 4.32. The number of nitrogens with zero attached hydrogens (tertiary/aromatic N) is 1. The molecule has 1 amide bonds. The molecule has 0 aromatic heterocycles. The SMILES string of the molecule is CCCN1CCC(NC(=O)c2cc(N)c(C)cc2C)CC1. The van der Waals surface area contributed by atoms with E-state index in [1.165, 1.54) is 6.42 Å². The molecule has 0 atom stereocenters. The molecule has 3 N–H and O–H groups in total. The van der Waals surface area contributed by atoms with Crippen LogP contribution < -0.4 is 11.1 Å². The van der Waals surface area contributed by atoms with Crippen molar-refractivity contribution in [2.24, 2.45) is 0 Å². The highest BCUT2D eigenvalue weighted by atomic mass is 16.1. The predicted octanol–water partition coefficient (Wildman–Crippen LogP) is 2.49. The van der Waals surface area contributed by atoms with Gasteiger partial charge in [-0.1, -0.05) is 13.0 Å². The summed E-state index contributed by atoms with van der Waals surface area (Å²) in [5.41, 5.74) is 9.33. The molecule has 2 rings (SSSR count). The third-order valence-corrected chi connectivity index (χ3v) is 4.32. The van der Waals surface area contributed by atoms with E-state index in [9.17, 15) is 4.79 Å². The van der Waals surface area contributed by atoms with Gasteiger partial charge in [-0.2, -0.15) is 0 Å². The molecule has 1 aliphatic rings. The summed E-state index contributed by atoms with van der Waals surface area (Å²) in [5.74, 6) is 0.00754. The summed E-state index contributed by atoms with van der Waals surface area (Å²) in [6.07, 6.45) is 3.26. The van der Waals surface area contributed by atoms with Gasteiger partial charge >= 0.3 is 0 Å². The molecule has 116 valence electrons. The van der Waals surface area contributed by atoms with Crippen molar-refractivity contribution in [1.82, 2.24) is 10.2 Å². The van der Waals surface area contributed by atoms with Gasteiger partial charge in [0.2, 0.25) is 0 Å². The molecule has 1 heterocycles. The van der Waals surface area contributed by atoms with Crippen LogP contribution in [-0.4, -0.2) is 36.5 Å². The number of hydrogen-bond donors (Lipinski definition) is 2. The quantitative estimate of drug-likeness (QED) is 0.837. The van der Waals surface area contributed by atoms with Crippen LogP contribution in [0.5, 0.6) is 0 Å². The molecule has 0 radical (unpaired) electrons. The van der Waals surface area contributed by atoms with Crippen molar-refractivity contribution in [2.75, 3.05) is 25.4 Å². The van der Waals surface area contributed by atoms with Gasteiger partial charge < -0.3 is 16.0 Å². The van der Waals surface area contributed by atoms with Gasteiger partial charge in [0.25, 0.3) is 5.91 Å². The highest BCUT2D eigenvalue weighted by Gasteiger charge is 2.21. The fraction of sp³-hybridized carbons (Fsp3) is 0.588. The Bertz CT molecular complexity index is 505. The zero-order valence-electron chi connectivity index (χ0n) is 13.4. The van der Waals surface area contributed by atoms with Crippen molar-refractivity contribution in [1.29, 1.82) is 0 Å². The van der Waals surface area contributed by atoms with Crippen LogP contribution in [0.2, 0.25) is 0 Å². The molecule has 0 spiro atoms. The number of nitrogen functional groups attached to an aromatic ring is 1. The predicted molar refractivity (Wildman–Crippen MR) is 87.5 cm³/mol. The second kappa shape index (κ2) is 6.94. The van der Waals surface area contributed by atoms with Crippen molar-refractivity contribution < 1.29 is 4.79 Å². The Hall–Kier alpha value is -1.55. The normalized spacial score (nSPS) is 16.9. The minimum atomic E-state index is 0.00754. The van der Waals surface area contributed by atoms with Crippen molar-refractivity contribution in [3.63, 3.8) is 0 Å². The van der Waals surface area contributed by atoms with E-state index in [0.717, 1.165) is 43.6 Å². The molecule has 0 unspecified atom stereocenters. The Kier molecular flexibility index (Phi) is 5.23. The lowest BCUT2D eigenvalue weighted by atomic mass is 10.0. The zero-order chi connectivity index (χ0) is 15.4. The van der Waals surface area contributed by atoms with E-state index < -0.39 is 0 Å². The summed E-state index contributed by atoms with van der Waals surface area (Å²) < 4.78 is 0. The number of nitrogens with one attached hydrogen (secondary N) is 1. The van der Waals surface area contributed by atoms with Crippen LogP contribution in [0.1, 0.15) is 47.7 Å². The van der Waals surface area contributed by atoms with Crippen LogP contribution in [0.25, 0.3) is 0 Å². The van der Waals surface area contributed by atoms with E-state index in [1.54, 1.807) is 6.07 Å². The van der Waals surface area contributed by atoms with Crippen molar-refractivity contribution in [2.45, 2.75) is 46.1 Å². The average molecular weight is 289 g/mol. The monoisotopic (exact) mass is 289 g/mol. The van der Waals surface area contributed by atoms with Gasteiger partial charge in [0.05, 0.1) is 0 Å². The van der Waals surface area contributed by atoms with Gasteiger partial charge in [-0.25, -0.2) is 0 Å². The van der Waals surface area contributed by atoms with Gasteiger partial charge in [0, 0.05) is 30.4 Å². The molecule has 4 nitrogen and oxygen atoms in total. The Labute approximate surface area is 127 Å². The number of rotatable bonds is 4. The second-order valence-electron chi connectivity index (χ2n) is 6.11. The molecule has 0 aliphatic carbocycles. The molecule has 21 heavy (non-hydrogen) atoms. The largest absolute Gasteiger partial charge is 0.398 e. The molecule has 1 aromatic rings. The van der Waals surface area contributed by atoms with Crippen LogP contribution in [0.3, 0.4) is 0 Å². The second-order valence-corrected chi connectivity index (χ2v) is 6.11. The van der Waals surface area contributed by atoms with Crippen LogP contribution in [0.15, 0.2) is 12.1 Å². The first-order chi connectivity index (χ1) is 10.0. The maximum atomic E-state index is 12.4. The molecule has 4 heteroatoms. The van der Waals surface area contributed by atoms with Gasteiger partial charge in [0.1, 0.15) is 0 Å². The lowest BCUT2D eigenvalue weighted by Gasteiger charge is -2.32. The van der Waals surface area contributed by atoms with E-state index in [-0.39, 0.29) is 11.9 Å². The highest BCUT2D eigenvalue weighted by Crippen LogP contribution is 2.19. The summed E-state index contributed by atoms with van der Waals surface area (Å²) in [7, 11) is 0. The molecular formula is C17H27N3O. The number of hydrogen-bond acceptors (Lipinski definition) is 3. The van der Waals surface area contributed by atoms with Crippen LogP contribution in [0, 0.1) is 13.8 Å². The van der Waals surface area contributed by atoms with E-state index in [2.05, 4.69) is 17.1 Å². The first-order valence-corrected chi connectivity index (χ1v) is 7.91. The van der Waals surface area contributed by atoms with E-state index >= 15 is 0 Å². The average Bonchev–Trinajstić information content (AvgIpc) is 2.45. The first kappa shape index (κ1) is 15.8. The topological polar surface area (TPSA) is 58.4 Å². The number of amides is 1. The molecule has 0 saturated carbocycles. The summed E-state index contributed by atoms with van der Waals surface area (Å²) in [4.78, 5) is 14.9.